The Balaban J connectivity index is 1.91. The van der Waals surface area contributed by atoms with Crippen LogP contribution in [0.25, 0.3) is 0 Å². The minimum absolute atomic E-state index is 0.0532. The van der Waals surface area contributed by atoms with Crippen LogP contribution in [0.1, 0.15) is 39.2 Å². The van der Waals surface area contributed by atoms with Crippen molar-refractivity contribution >= 4 is 0 Å². The van der Waals surface area contributed by atoms with Gasteiger partial charge in [0.1, 0.15) is 0 Å². The highest BCUT2D eigenvalue weighted by atomic mass is 16.5. The lowest BCUT2D eigenvalue weighted by Crippen LogP contribution is -2.31. The molecule has 0 bridgehead atoms. The Morgan fingerprint density at radius 3 is 2.32 bits per heavy atom. The van der Waals surface area contributed by atoms with E-state index >= 15 is 0 Å². The Hall–Kier alpha value is -1.22. The number of ether oxygens (including phenoxy) is 2. The van der Waals surface area contributed by atoms with Gasteiger partial charge in [0.2, 0.25) is 0 Å². The van der Waals surface area contributed by atoms with Crippen LogP contribution >= 0.6 is 0 Å². The number of hydrogen-bond donors (Lipinski definition) is 1. The summed E-state index contributed by atoms with van der Waals surface area (Å²) in [4.78, 5) is 0. The van der Waals surface area contributed by atoms with Crippen LogP contribution in [0.3, 0.4) is 0 Å². The molecular formula is C16H23NO2. The van der Waals surface area contributed by atoms with Gasteiger partial charge in [-0.15, -0.1) is 0 Å². The third-order valence-corrected chi connectivity index (χ3v) is 4.42. The summed E-state index contributed by atoms with van der Waals surface area (Å²) < 4.78 is 11.8. The molecule has 1 aromatic carbocycles. The predicted octanol–water partition coefficient (Wildman–Crippen LogP) is 2.86. The normalized spacial score (nSPS) is 24.4. The van der Waals surface area contributed by atoms with Crippen molar-refractivity contribution in [3.05, 3.63) is 23.8 Å². The highest BCUT2D eigenvalue weighted by Crippen LogP contribution is 2.52. The Bertz CT molecular complexity index is 490. The predicted molar refractivity (Wildman–Crippen MR) is 75.8 cm³/mol. The molecule has 1 aromatic rings. The number of hydrogen-bond acceptors (Lipinski definition) is 3. The molecule has 3 nitrogen and oxygen atoms in total. The molecular weight excluding hydrogens is 238 g/mol. The van der Waals surface area contributed by atoms with Crippen molar-refractivity contribution < 1.29 is 9.47 Å². The van der Waals surface area contributed by atoms with E-state index in [0.717, 1.165) is 11.5 Å². The number of benzene rings is 1. The first-order valence-corrected chi connectivity index (χ1v) is 7.09. The maximum Gasteiger partial charge on any atom is 0.161 e. The molecule has 19 heavy (non-hydrogen) atoms. The van der Waals surface area contributed by atoms with Crippen molar-refractivity contribution in [2.45, 2.75) is 45.1 Å². The fourth-order valence-corrected chi connectivity index (χ4v) is 2.78. The zero-order valence-corrected chi connectivity index (χ0v) is 12.0. The number of fused-ring (bicyclic) bond motifs is 1. The summed E-state index contributed by atoms with van der Waals surface area (Å²) in [7, 11) is 0. The molecule has 1 aliphatic heterocycles. The quantitative estimate of drug-likeness (QED) is 0.890. The van der Waals surface area contributed by atoms with E-state index in [1.807, 2.05) is 6.07 Å². The van der Waals surface area contributed by atoms with E-state index < -0.39 is 0 Å². The fourth-order valence-electron chi connectivity index (χ4n) is 2.78. The lowest BCUT2D eigenvalue weighted by atomic mass is 9.89. The highest BCUT2D eigenvalue weighted by Gasteiger charge is 2.47. The monoisotopic (exact) mass is 261 g/mol. The van der Waals surface area contributed by atoms with E-state index in [4.69, 9.17) is 15.2 Å². The summed E-state index contributed by atoms with van der Waals surface area (Å²) in [6, 6.07) is 6.51. The summed E-state index contributed by atoms with van der Waals surface area (Å²) in [5.74, 6) is 1.73. The van der Waals surface area contributed by atoms with Crippen LogP contribution in [0.4, 0.5) is 0 Å². The molecule has 104 valence electrons. The van der Waals surface area contributed by atoms with Gasteiger partial charge in [-0.1, -0.05) is 19.9 Å². The molecule has 0 spiro atoms. The van der Waals surface area contributed by atoms with E-state index in [-0.39, 0.29) is 16.9 Å². The van der Waals surface area contributed by atoms with Gasteiger partial charge in [0.15, 0.2) is 11.5 Å². The summed E-state index contributed by atoms with van der Waals surface area (Å²) in [6.07, 6.45) is 2.35. The van der Waals surface area contributed by atoms with Gasteiger partial charge in [-0.05, 0) is 37.5 Å². The van der Waals surface area contributed by atoms with Crippen LogP contribution < -0.4 is 15.2 Å². The summed E-state index contributed by atoms with van der Waals surface area (Å²) in [5, 5.41) is 0. The Morgan fingerprint density at radius 1 is 1.11 bits per heavy atom. The van der Waals surface area contributed by atoms with Crippen molar-refractivity contribution in [1.29, 1.82) is 0 Å². The third-order valence-electron chi connectivity index (χ3n) is 4.42. The largest absolute Gasteiger partial charge is 0.489 e. The van der Waals surface area contributed by atoms with E-state index in [9.17, 15) is 0 Å². The van der Waals surface area contributed by atoms with Gasteiger partial charge < -0.3 is 15.2 Å². The Labute approximate surface area is 115 Å². The highest BCUT2D eigenvalue weighted by molar-refractivity contribution is 5.48. The van der Waals surface area contributed by atoms with Crippen molar-refractivity contribution in [1.82, 2.24) is 0 Å². The summed E-state index contributed by atoms with van der Waals surface area (Å²) in [6.45, 7) is 7.79. The van der Waals surface area contributed by atoms with Gasteiger partial charge in [0.25, 0.3) is 0 Å². The molecule has 3 rings (SSSR count). The molecule has 2 aliphatic rings. The molecule has 1 saturated carbocycles. The van der Waals surface area contributed by atoms with Crippen LogP contribution in [0, 0.1) is 5.41 Å². The van der Waals surface area contributed by atoms with Crippen LogP contribution in [0.2, 0.25) is 0 Å². The minimum Gasteiger partial charge on any atom is -0.489 e. The van der Waals surface area contributed by atoms with Gasteiger partial charge in [-0.3, -0.25) is 0 Å². The molecule has 1 aliphatic carbocycles. The van der Waals surface area contributed by atoms with Gasteiger partial charge in [-0.2, -0.15) is 0 Å². The zero-order chi connectivity index (χ0) is 13.7. The van der Waals surface area contributed by atoms with Crippen molar-refractivity contribution in [2.24, 2.45) is 11.1 Å². The SMILES string of the molecule is CC(N)C1(c2ccc3c(c2)OCC(C)(C)CO3)CC1. The molecule has 0 radical (unpaired) electrons. The lowest BCUT2D eigenvalue weighted by Gasteiger charge is -2.21. The molecule has 0 saturated heterocycles. The van der Waals surface area contributed by atoms with Crippen LogP contribution in [0.5, 0.6) is 11.5 Å². The minimum atomic E-state index is 0.0532. The van der Waals surface area contributed by atoms with E-state index in [1.165, 1.54) is 18.4 Å². The first-order chi connectivity index (χ1) is 8.93. The summed E-state index contributed by atoms with van der Waals surface area (Å²) >= 11 is 0. The van der Waals surface area contributed by atoms with Crippen molar-refractivity contribution in [3.63, 3.8) is 0 Å². The molecule has 3 heteroatoms. The molecule has 1 unspecified atom stereocenters. The summed E-state index contributed by atoms with van der Waals surface area (Å²) in [5.41, 5.74) is 7.66. The lowest BCUT2D eigenvalue weighted by molar-refractivity contribution is 0.140. The van der Waals surface area contributed by atoms with Crippen LogP contribution in [-0.4, -0.2) is 19.3 Å². The molecule has 1 fully saturated rings. The van der Waals surface area contributed by atoms with E-state index in [2.05, 4.69) is 32.9 Å². The van der Waals surface area contributed by atoms with Gasteiger partial charge in [0, 0.05) is 16.9 Å². The molecule has 0 amide bonds. The smallest absolute Gasteiger partial charge is 0.161 e. The Kier molecular flexibility index (Phi) is 2.79. The third kappa shape index (κ3) is 2.20. The van der Waals surface area contributed by atoms with E-state index in [1.54, 1.807) is 0 Å². The maximum atomic E-state index is 6.14. The topological polar surface area (TPSA) is 44.5 Å². The van der Waals surface area contributed by atoms with Crippen molar-refractivity contribution in [3.8, 4) is 11.5 Å². The molecule has 2 N–H and O–H groups in total. The van der Waals surface area contributed by atoms with Crippen LogP contribution in [-0.2, 0) is 5.41 Å². The van der Waals surface area contributed by atoms with E-state index in [0.29, 0.717) is 13.2 Å². The average Bonchev–Trinajstić information content (AvgIpc) is 3.15. The van der Waals surface area contributed by atoms with Crippen molar-refractivity contribution in [2.75, 3.05) is 13.2 Å². The fraction of sp³-hybridized carbons (Fsp3) is 0.625. The average molecular weight is 261 g/mol. The van der Waals surface area contributed by atoms with Crippen LogP contribution in [0.15, 0.2) is 18.2 Å². The second kappa shape index (κ2) is 4.14. The van der Waals surface area contributed by atoms with Gasteiger partial charge in [0.05, 0.1) is 13.2 Å². The Morgan fingerprint density at radius 2 is 1.74 bits per heavy atom. The second-order valence-electron chi connectivity index (χ2n) is 6.85. The van der Waals surface area contributed by atoms with Gasteiger partial charge in [-0.25, -0.2) is 0 Å². The number of rotatable bonds is 2. The maximum absolute atomic E-state index is 6.14. The first-order valence-electron chi connectivity index (χ1n) is 7.09. The second-order valence-corrected chi connectivity index (χ2v) is 6.85. The van der Waals surface area contributed by atoms with Gasteiger partial charge >= 0.3 is 0 Å². The molecule has 1 atom stereocenters. The standard InChI is InChI=1S/C16H23NO2/c1-11(17)16(6-7-16)12-4-5-13-14(8-12)19-10-15(2,3)9-18-13/h4-5,8,11H,6-7,9-10,17H2,1-3H3. The molecule has 1 heterocycles. The zero-order valence-electron chi connectivity index (χ0n) is 12.0. The number of nitrogens with two attached hydrogens (primary N) is 1. The first kappa shape index (κ1) is 12.8. The molecule has 0 aromatic heterocycles.